The standard InChI is InChI=1S/C23H32F4N2O4S2/c1-7-31-15(5)34-13(3)28-12-17(29-14(4)35-16(6)32-8-2)9-10-20(30)33-19-11-18(24)21(25)23(27)22(19)26/h11,15-17H,7-10,12H2,1-6H3. The van der Waals surface area contributed by atoms with E-state index in [1.54, 1.807) is 0 Å². The van der Waals surface area contributed by atoms with Gasteiger partial charge in [0.05, 0.1) is 22.7 Å². The Balaban J connectivity index is 2.89. The van der Waals surface area contributed by atoms with E-state index in [1.807, 2.05) is 41.5 Å². The number of thioether (sulfide) groups is 2. The minimum atomic E-state index is -2.05. The molecule has 0 fully saturated rings. The quantitative estimate of drug-likeness (QED) is 0.0424. The van der Waals surface area contributed by atoms with Gasteiger partial charge in [-0.15, -0.1) is 0 Å². The van der Waals surface area contributed by atoms with Crippen molar-refractivity contribution in [3.05, 3.63) is 29.3 Å². The molecule has 3 unspecified atom stereocenters. The maximum absolute atomic E-state index is 13.8. The average molecular weight is 541 g/mol. The van der Waals surface area contributed by atoms with E-state index in [0.29, 0.717) is 19.3 Å². The van der Waals surface area contributed by atoms with Crippen LogP contribution >= 0.6 is 23.5 Å². The molecule has 0 bridgehead atoms. The summed E-state index contributed by atoms with van der Waals surface area (Å²) in [6.07, 6.45) is -0.0553. The van der Waals surface area contributed by atoms with Gasteiger partial charge >= 0.3 is 5.97 Å². The van der Waals surface area contributed by atoms with Crippen molar-refractivity contribution in [2.45, 2.75) is 71.3 Å². The number of nitrogens with zero attached hydrogens (tertiary/aromatic N) is 2. The van der Waals surface area contributed by atoms with Crippen molar-refractivity contribution in [1.29, 1.82) is 0 Å². The van der Waals surface area contributed by atoms with Gasteiger partial charge in [0.15, 0.2) is 17.4 Å². The van der Waals surface area contributed by atoms with Gasteiger partial charge < -0.3 is 14.2 Å². The van der Waals surface area contributed by atoms with Crippen LogP contribution in [0.15, 0.2) is 16.1 Å². The summed E-state index contributed by atoms with van der Waals surface area (Å²) >= 11 is 2.87. The second-order valence-electron chi connectivity index (χ2n) is 7.25. The first-order chi connectivity index (χ1) is 16.5. The summed E-state index contributed by atoms with van der Waals surface area (Å²) in [7, 11) is 0. The highest BCUT2D eigenvalue weighted by Crippen LogP contribution is 2.25. The minimum Gasteiger partial charge on any atom is -0.423 e. The van der Waals surface area contributed by atoms with Crippen molar-refractivity contribution in [3.63, 3.8) is 0 Å². The molecular formula is C23H32F4N2O4S2. The number of benzene rings is 1. The van der Waals surface area contributed by atoms with E-state index in [-0.39, 0.29) is 30.3 Å². The van der Waals surface area contributed by atoms with Gasteiger partial charge in [0.1, 0.15) is 10.9 Å². The lowest BCUT2D eigenvalue weighted by molar-refractivity contribution is -0.134. The Morgan fingerprint density at radius 1 is 0.943 bits per heavy atom. The molecule has 0 saturated heterocycles. The molecule has 0 aliphatic rings. The number of carbonyl (C=O) groups is 1. The normalized spacial score (nSPS) is 15.1. The first kappa shape index (κ1) is 31.4. The molecular weight excluding hydrogens is 508 g/mol. The molecule has 1 aromatic carbocycles. The first-order valence-corrected chi connectivity index (χ1v) is 12.9. The van der Waals surface area contributed by atoms with Crippen LogP contribution in [0.1, 0.15) is 54.4 Å². The zero-order valence-corrected chi connectivity index (χ0v) is 22.3. The predicted molar refractivity (Wildman–Crippen MR) is 133 cm³/mol. The van der Waals surface area contributed by atoms with Crippen LogP contribution in [0.5, 0.6) is 5.75 Å². The maximum Gasteiger partial charge on any atom is 0.311 e. The fraction of sp³-hybridized carbons (Fsp3) is 0.609. The highest BCUT2D eigenvalue weighted by molar-refractivity contribution is 8.14. The molecule has 0 aliphatic heterocycles. The van der Waals surface area contributed by atoms with Crippen LogP contribution in [0.2, 0.25) is 0 Å². The lowest BCUT2D eigenvalue weighted by Gasteiger charge is -2.15. The summed E-state index contributed by atoms with van der Waals surface area (Å²) in [6.45, 7) is 12.6. The molecule has 0 heterocycles. The Kier molecular flexibility index (Phi) is 14.5. The second-order valence-corrected chi connectivity index (χ2v) is 10.2. The third-order valence-corrected chi connectivity index (χ3v) is 6.19. The summed E-state index contributed by atoms with van der Waals surface area (Å²) in [5.41, 5.74) is -0.190. The number of carbonyl (C=O) groups excluding carboxylic acids is 1. The summed E-state index contributed by atoms with van der Waals surface area (Å²) in [4.78, 5) is 21.4. The van der Waals surface area contributed by atoms with Crippen LogP contribution < -0.4 is 4.74 Å². The third kappa shape index (κ3) is 11.8. The molecule has 0 aliphatic carbocycles. The molecule has 3 atom stereocenters. The largest absolute Gasteiger partial charge is 0.423 e. The Hall–Kier alpha value is -1.63. The predicted octanol–water partition coefficient (Wildman–Crippen LogP) is 6.37. The van der Waals surface area contributed by atoms with Gasteiger partial charge in [0, 0.05) is 25.7 Å². The van der Waals surface area contributed by atoms with Crippen molar-refractivity contribution in [2.24, 2.45) is 9.98 Å². The van der Waals surface area contributed by atoms with Crippen LogP contribution in [-0.2, 0) is 14.3 Å². The highest BCUT2D eigenvalue weighted by Gasteiger charge is 2.22. The molecule has 1 rings (SSSR count). The fourth-order valence-corrected chi connectivity index (χ4v) is 4.58. The molecule has 198 valence electrons. The SMILES string of the molecule is CCOC(C)SC(C)=NCC(CCC(=O)Oc1cc(F)c(F)c(F)c1F)N=C(C)SC(C)OCC. The average Bonchev–Trinajstić information content (AvgIpc) is 2.78. The van der Waals surface area contributed by atoms with Crippen LogP contribution in [-0.4, -0.2) is 52.7 Å². The molecule has 0 spiro atoms. The molecule has 0 saturated carbocycles. The smallest absolute Gasteiger partial charge is 0.311 e. The molecule has 35 heavy (non-hydrogen) atoms. The number of esters is 1. The van der Waals surface area contributed by atoms with Crippen molar-refractivity contribution in [3.8, 4) is 5.75 Å². The van der Waals surface area contributed by atoms with E-state index in [0.717, 1.165) is 10.1 Å². The molecule has 1 aromatic rings. The van der Waals surface area contributed by atoms with Gasteiger partial charge in [-0.1, -0.05) is 23.5 Å². The van der Waals surface area contributed by atoms with Crippen molar-refractivity contribution in [2.75, 3.05) is 19.8 Å². The monoisotopic (exact) mass is 540 g/mol. The van der Waals surface area contributed by atoms with E-state index in [1.165, 1.54) is 23.5 Å². The fourth-order valence-electron chi connectivity index (χ4n) is 2.86. The van der Waals surface area contributed by atoms with Gasteiger partial charge in [-0.25, -0.2) is 13.2 Å². The maximum atomic E-state index is 13.8. The Labute approximate surface area is 212 Å². The third-order valence-electron chi connectivity index (χ3n) is 4.34. The van der Waals surface area contributed by atoms with Crippen molar-refractivity contribution >= 4 is 39.6 Å². The molecule has 6 nitrogen and oxygen atoms in total. The molecule has 12 heteroatoms. The number of ether oxygens (including phenoxy) is 3. The molecule has 0 radical (unpaired) electrons. The lowest BCUT2D eigenvalue weighted by atomic mass is 10.1. The van der Waals surface area contributed by atoms with Gasteiger partial charge in [-0.2, -0.15) is 4.39 Å². The van der Waals surface area contributed by atoms with E-state index in [2.05, 4.69) is 9.98 Å². The lowest BCUT2D eigenvalue weighted by Crippen LogP contribution is -2.18. The van der Waals surface area contributed by atoms with Gasteiger partial charge in [0.2, 0.25) is 11.6 Å². The second kappa shape index (κ2) is 16.2. The van der Waals surface area contributed by atoms with Crippen LogP contribution in [0, 0.1) is 23.3 Å². The first-order valence-electron chi connectivity index (χ1n) is 11.1. The summed E-state index contributed by atoms with van der Waals surface area (Å²) in [5.74, 6) is -9.41. The van der Waals surface area contributed by atoms with Crippen molar-refractivity contribution in [1.82, 2.24) is 0 Å². The van der Waals surface area contributed by atoms with Crippen molar-refractivity contribution < 1.29 is 36.6 Å². The van der Waals surface area contributed by atoms with Crippen LogP contribution in [0.3, 0.4) is 0 Å². The Bertz CT molecular complexity index is 903. The summed E-state index contributed by atoms with van der Waals surface area (Å²) in [5, 5.41) is 1.50. The van der Waals surface area contributed by atoms with Gasteiger partial charge in [0.25, 0.3) is 0 Å². The minimum absolute atomic E-state index is 0.0728. The zero-order valence-electron chi connectivity index (χ0n) is 20.7. The Morgan fingerprint density at radius 3 is 2.09 bits per heavy atom. The number of hydrogen-bond donors (Lipinski definition) is 0. The highest BCUT2D eigenvalue weighted by atomic mass is 32.2. The molecule has 0 amide bonds. The van der Waals surface area contributed by atoms with E-state index >= 15 is 0 Å². The number of aliphatic imine (C=N–C) groups is 2. The van der Waals surface area contributed by atoms with E-state index in [4.69, 9.17) is 14.2 Å². The molecule has 0 aromatic heterocycles. The Morgan fingerprint density at radius 2 is 1.51 bits per heavy atom. The summed E-state index contributed by atoms with van der Waals surface area (Å²) < 4.78 is 69.4. The van der Waals surface area contributed by atoms with Gasteiger partial charge in [-0.3, -0.25) is 14.8 Å². The summed E-state index contributed by atoms with van der Waals surface area (Å²) in [6, 6.07) is -0.130. The van der Waals surface area contributed by atoms with Crippen LogP contribution in [0.4, 0.5) is 17.6 Å². The van der Waals surface area contributed by atoms with Gasteiger partial charge in [-0.05, 0) is 48.0 Å². The topological polar surface area (TPSA) is 69.5 Å². The van der Waals surface area contributed by atoms with Crippen LogP contribution in [0.25, 0.3) is 0 Å². The zero-order chi connectivity index (χ0) is 26.5. The molecule has 0 N–H and O–H groups in total. The van der Waals surface area contributed by atoms with E-state index in [9.17, 15) is 22.4 Å². The number of hydrogen-bond acceptors (Lipinski definition) is 8. The number of rotatable bonds is 13. The van der Waals surface area contributed by atoms with E-state index < -0.39 is 41.0 Å². The number of halogens is 4.